The summed E-state index contributed by atoms with van der Waals surface area (Å²) in [5, 5.41) is 16.5. The van der Waals surface area contributed by atoms with Crippen molar-refractivity contribution in [2.45, 2.75) is 20.3 Å². The van der Waals surface area contributed by atoms with Gasteiger partial charge in [0, 0.05) is 5.71 Å². The van der Waals surface area contributed by atoms with E-state index in [0.717, 1.165) is 0 Å². The number of aromatic hydroxyl groups is 1. The number of aryl methyl sites for hydroxylation is 1. The SMILES string of the molecule is COc1ccccc1NC(=O)CC(C)=NNC(=O)c1cccc(C)c1O. The molecule has 2 rings (SSSR count). The van der Waals surface area contributed by atoms with Gasteiger partial charge in [0.2, 0.25) is 5.91 Å². The smallest absolute Gasteiger partial charge is 0.275 e. The van der Waals surface area contributed by atoms with E-state index >= 15 is 0 Å². The largest absolute Gasteiger partial charge is 0.507 e. The van der Waals surface area contributed by atoms with Gasteiger partial charge in [-0.1, -0.05) is 24.3 Å². The third-order valence-electron chi connectivity index (χ3n) is 3.63. The Bertz CT molecular complexity index is 846. The van der Waals surface area contributed by atoms with E-state index in [9.17, 15) is 14.7 Å². The van der Waals surface area contributed by atoms with E-state index in [0.29, 0.717) is 22.7 Å². The van der Waals surface area contributed by atoms with E-state index in [4.69, 9.17) is 4.74 Å². The Morgan fingerprint density at radius 2 is 1.88 bits per heavy atom. The van der Waals surface area contributed by atoms with E-state index < -0.39 is 5.91 Å². The second-order valence-corrected chi connectivity index (χ2v) is 5.68. The molecule has 0 bridgehead atoms. The van der Waals surface area contributed by atoms with Crippen LogP contribution in [0.2, 0.25) is 0 Å². The molecule has 136 valence electrons. The number of hydrazone groups is 1. The van der Waals surface area contributed by atoms with Gasteiger partial charge in [-0.15, -0.1) is 0 Å². The molecule has 2 amide bonds. The van der Waals surface area contributed by atoms with Crippen LogP contribution in [0.1, 0.15) is 29.3 Å². The molecule has 0 saturated carbocycles. The Labute approximate surface area is 151 Å². The Morgan fingerprint density at radius 1 is 1.15 bits per heavy atom. The number of methoxy groups -OCH3 is 1. The van der Waals surface area contributed by atoms with Crippen LogP contribution in [0.3, 0.4) is 0 Å². The summed E-state index contributed by atoms with van der Waals surface area (Å²) in [4.78, 5) is 24.2. The number of hydrogen-bond acceptors (Lipinski definition) is 5. The van der Waals surface area contributed by atoms with Gasteiger partial charge in [-0.3, -0.25) is 9.59 Å². The topological polar surface area (TPSA) is 100 Å². The highest BCUT2D eigenvalue weighted by Crippen LogP contribution is 2.23. The molecule has 0 spiro atoms. The molecule has 0 unspecified atom stereocenters. The maximum absolute atomic E-state index is 12.1. The Hall–Kier alpha value is -3.35. The number of phenolic OH excluding ortho intramolecular Hbond substituents is 1. The van der Waals surface area contributed by atoms with Crippen molar-refractivity contribution in [1.82, 2.24) is 5.43 Å². The highest BCUT2D eigenvalue weighted by molar-refractivity contribution is 6.06. The van der Waals surface area contributed by atoms with Gasteiger partial charge in [0.25, 0.3) is 5.91 Å². The second kappa shape index (κ2) is 8.66. The maximum Gasteiger partial charge on any atom is 0.275 e. The van der Waals surface area contributed by atoms with Crippen LogP contribution in [-0.4, -0.2) is 29.7 Å². The standard InChI is InChI=1S/C19H21N3O4/c1-12-7-6-8-14(18(12)24)19(25)22-21-13(2)11-17(23)20-15-9-4-5-10-16(15)26-3/h4-10,24H,11H2,1-3H3,(H,20,23)(H,22,25). The molecule has 2 aromatic carbocycles. The minimum Gasteiger partial charge on any atom is -0.507 e. The number of para-hydroxylation sites is 3. The molecule has 0 saturated heterocycles. The number of amides is 2. The van der Waals surface area contributed by atoms with Crippen molar-refractivity contribution in [2.75, 3.05) is 12.4 Å². The van der Waals surface area contributed by atoms with E-state index in [-0.39, 0.29) is 23.6 Å². The number of benzene rings is 2. The molecule has 0 radical (unpaired) electrons. The number of phenols is 1. The lowest BCUT2D eigenvalue weighted by Gasteiger charge is -2.10. The van der Waals surface area contributed by atoms with E-state index in [1.54, 1.807) is 50.2 Å². The monoisotopic (exact) mass is 355 g/mol. The number of carbonyl (C=O) groups is 2. The number of nitrogens with zero attached hydrogens (tertiary/aromatic N) is 1. The van der Waals surface area contributed by atoms with Gasteiger partial charge in [0.1, 0.15) is 11.5 Å². The van der Waals surface area contributed by atoms with Crippen molar-refractivity contribution in [3.8, 4) is 11.5 Å². The zero-order chi connectivity index (χ0) is 19.1. The first-order valence-electron chi connectivity index (χ1n) is 7.97. The summed E-state index contributed by atoms with van der Waals surface area (Å²) in [6, 6.07) is 11.9. The van der Waals surface area contributed by atoms with Gasteiger partial charge in [0.15, 0.2) is 0 Å². The van der Waals surface area contributed by atoms with Gasteiger partial charge < -0.3 is 15.2 Å². The maximum atomic E-state index is 12.1. The van der Waals surface area contributed by atoms with Crippen LogP contribution in [0.15, 0.2) is 47.6 Å². The summed E-state index contributed by atoms with van der Waals surface area (Å²) in [5.41, 5.74) is 4.03. The predicted octanol–water partition coefficient (Wildman–Crippen LogP) is 2.84. The average Bonchev–Trinajstić information content (AvgIpc) is 2.62. The molecule has 7 nitrogen and oxygen atoms in total. The molecule has 0 atom stereocenters. The van der Waals surface area contributed by atoms with E-state index in [2.05, 4.69) is 15.8 Å². The van der Waals surface area contributed by atoms with Crippen molar-refractivity contribution < 1.29 is 19.4 Å². The van der Waals surface area contributed by atoms with Gasteiger partial charge >= 0.3 is 0 Å². The Kier molecular flexibility index (Phi) is 6.32. The number of carbonyl (C=O) groups excluding carboxylic acids is 2. The molecular weight excluding hydrogens is 334 g/mol. The Balaban J connectivity index is 1.96. The lowest BCUT2D eigenvalue weighted by molar-refractivity contribution is -0.115. The zero-order valence-corrected chi connectivity index (χ0v) is 14.9. The number of rotatable bonds is 6. The summed E-state index contributed by atoms with van der Waals surface area (Å²) in [5.74, 6) is -0.371. The third-order valence-corrected chi connectivity index (χ3v) is 3.63. The fourth-order valence-electron chi connectivity index (χ4n) is 2.26. The van der Waals surface area contributed by atoms with Gasteiger partial charge in [-0.25, -0.2) is 5.43 Å². The van der Waals surface area contributed by atoms with Crippen LogP contribution in [0.25, 0.3) is 0 Å². The fraction of sp³-hybridized carbons (Fsp3) is 0.211. The zero-order valence-electron chi connectivity index (χ0n) is 14.9. The highest BCUT2D eigenvalue weighted by Gasteiger charge is 2.12. The van der Waals surface area contributed by atoms with Crippen molar-refractivity contribution in [3.05, 3.63) is 53.6 Å². The molecular formula is C19H21N3O4. The molecule has 2 aromatic rings. The average molecular weight is 355 g/mol. The molecule has 0 aliphatic rings. The minimum atomic E-state index is -0.546. The van der Waals surface area contributed by atoms with Crippen molar-refractivity contribution in [2.24, 2.45) is 5.10 Å². The van der Waals surface area contributed by atoms with Crippen LogP contribution in [0.5, 0.6) is 11.5 Å². The minimum absolute atomic E-state index is 0.00186. The number of anilines is 1. The molecule has 26 heavy (non-hydrogen) atoms. The van der Waals surface area contributed by atoms with Gasteiger partial charge in [-0.2, -0.15) is 5.10 Å². The second-order valence-electron chi connectivity index (χ2n) is 5.68. The highest BCUT2D eigenvalue weighted by atomic mass is 16.5. The molecule has 3 N–H and O–H groups in total. The van der Waals surface area contributed by atoms with Crippen LogP contribution < -0.4 is 15.5 Å². The molecule has 0 heterocycles. The summed E-state index contributed by atoms with van der Waals surface area (Å²) in [7, 11) is 1.52. The molecule has 0 aliphatic heterocycles. The first kappa shape index (κ1) is 19.0. The summed E-state index contributed by atoms with van der Waals surface area (Å²) in [6.45, 7) is 3.32. The first-order chi connectivity index (χ1) is 12.4. The first-order valence-corrected chi connectivity index (χ1v) is 7.97. The van der Waals surface area contributed by atoms with Crippen LogP contribution in [-0.2, 0) is 4.79 Å². The number of nitrogens with one attached hydrogen (secondary N) is 2. The summed E-state index contributed by atoms with van der Waals surface area (Å²) in [6.07, 6.45) is -0.00186. The molecule has 0 aromatic heterocycles. The lowest BCUT2D eigenvalue weighted by Crippen LogP contribution is -2.21. The number of ether oxygens (including phenoxy) is 1. The fourth-order valence-corrected chi connectivity index (χ4v) is 2.26. The normalized spacial score (nSPS) is 11.0. The van der Waals surface area contributed by atoms with E-state index in [1.807, 2.05) is 0 Å². The van der Waals surface area contributed by atoms with Crippen LogP contribution >= 0.6 is 0 Å². The molecule has 0 aliphatic carbocycles. The van der Waals surface area contributed by atoms with Gasteiger partial charge in [-0.05, 0) is 37.6 Å². The predicted molar refractivity (Wildman–Crippen MR) is 99.7 cm³/mol. The van der Waals surface area contributed by atoms with Crippen molar-refractivity contribution >= 4 is 23.2 Å². The summed E-state index contributed by atoms with van der Waals surface area (Å²) < 4.78 is 5.17. The van der Waals surface area contributed by atoms with Crippen LogP contribution in [0.4, 0.5) is 5.69 Å². The van der Waals surface area contributed by atoms with Gasteiger partial charge in [0.05, 0.1) is 24.8 Å². The third kappa shape index (κ3) is 4.83. The van der Waals surface area contributed by atoms with Crippen molar-refractivity contribution in [1.29, 1.82) is 0 Å². The number of hydrogen-bond donors (Lipinski definition) is 3. The molecule has 0 fully saturated rings. The molecule has 7 heteroatoms. The summed E-state index contributed by atoms with van der Waals surface area (Å²) >= 11 is 0. The van der Waals surface area contributed by atoms with E-state index in [1.165, 1.54) is 13.2 Å². The van der Waals surface area contributed by atoms with Crippen molar-refractivity contribution in [3.63, 3.8) is 0 Å². The quantitative estimate of drug-likeness (QED) is 0.548. The Morgan fingerprint density at radius 3 is 2.62 bits per heavy atom. The lowest BCUT2D eigenvalue weighted by atomic mass is 10.1. The van der Waals surface area contributed by atoms with Crippen LogP contribution in [0, 0.1) is 6.92 Å².